The number of rotatable bonds is 7. The number of thioether (sulfide) groups is 1. The van der Waals surface area contributed by atoms with Crippen LogP contribution in [-0.4, -0.2) is 95.7 Å². The number of nitrogens with zero attached hydrogens (tertiary/aromatic N) is 3. The van der Waals surface area contributed by atoms with E-state index in [0.29, 0.717) is 13.2 Å². The molecule has 2 saturated heterocycles. The first kappa shape index (κ1) is 20.5. The molecule has 2 fully saturated rings. The van der Waals surface area contributed by atoms with Crippen LogP contribution >= 0.6 is 11.8 Å². The largest absolute Gasteiger partial charge is 0.491 e. The number of hydrogen-bond donors (Lipinski definition) is 1. The molecule has 27 heavy (non-hydrogen) atoms. The maximum absolute atomic E-state index is 11.5. The Hall–Kier alpha value is -1.28. The molecular formula is C20H31N3O3S. The summed E-state index contributed by atoms with van der Waals surface area (Å²) >= 11 is 1.98. The topological polar surface area (TPSA) is 56.3 Å². The summed E-state index contributed by atoms with van der Waals surface area (Å²) in [6.45, 7) is 8.85. The van der Waals surface area contributed by atoms with E-state index in [1.54, 1.807) is 6.92 Å². The number of carbonyl (C=O) groups excluding carboxylic acids is 1. The third kappa shape index (κ3) is 6.38. The first-order valence-corrected chi connectivity index (χ1v) is 10.9. The van der Waals surface area contributed by atoms with Crippen molar-refractivity contribution in [2.24, 2.45) is 0 Å². The summed E-state index contributed by atoms with van der Waals surface area (Å²) in [5.74, 6) is 3.29. The van der Waals surface area contributed by atoms with Gasteiger partial charge in [-0.05, 0) is 6.07 Å². The number of benzene rings is 1. The maximum Gasteiger partial charge on any atom is 0.219 e. The Balaban J connectivity index is 1.48. The average molecular weight is 394 g/mol. The van der Waals surface area contributed by atoms with Gasteiger partial charge in [-0.15, -0.1) is 0 Å². The fourth-order valence-corrected chi connectivity index (χ4v) is 4.54. The SMILES string of the molecule is CC(=O)N1CCN(Cc2ccccc2OC[C@@H](O)CN2CCSCC2)CC1. The Kier molecular flexibility index (Phi) is 7.81. The summed E-state index contributed by atoms with van der Waals surface area (Å²) in [6, 6.07) is 8.06. The Labute approximate surface area is 166 Å². The van der Waals surface area contributed by atoms with Crippen molar-refractivity contribution in [2.45, 2.75) is 19.6 Å². The van der Waals surface area contributed by atoms with Crippen molar-refractivity contribution in [1.82, 2.24) is 14.7 Å². The van der Waals surface area contributed by atoms with Crippen LogP contribution in [0.15, 0.2) is 24.3 Å². The molecule has 1 atom stereocenters. The van der Waals surface area contributed by atoms with Crippen molar-refractivity contribution in [2.75, 3.05) is 63.9 Å². The van der Waals surface area contributed by atoms with Gasteiger partial charge in [-0.25, -0.2) is 0 Å². The zero-order valence-corrected chi connectivity index (χ0v) is 17.0. The highest BCUT2D eigenvalue weighted by atomic mass is 32.2. The summed E-state index contributed by atoms with van der Waals surface area (Å²) < 4.78 is 5.97. The third-order valence-corrected chi connectivity index (χ3v) is 6.13. The molecule has 150 valence electrons. The molecule has 1 amide bonds. The van der Waals surface area contributed by atoms with E-state index in [-0.39, 0.29) is 5.91 Å². The Morgan fingerprint density at radius 3 is 2.52 bits per heavy atom. The monoisotopic (exact) mass is 393 g/mol. The normalized spacial score (nSPS) is 20.4. The smallest absolute Gasteiger partial charge is 0.219 e. The summed E-state index contributed by atoms with van der Waals surface area (Å²) in [5, 5.41) is 10.3. The number of amides is 1. The van der Waals surface area contributed by atoms with Crippen molar-refractivity contribution >= 4 is 17.7 Å². The lowest BCUT2D eigenvalue weighted by Gasteiger charge is -2.34. The van der Waals surface area contributed by atoms with Gasteiger partial charge in [-0.2, -0.15) is 11.8 Å². The molecular weight excluding hydrogens is 362 g/mol. The molecule has 0 bridgehead atoms. The van der Waals surface area contributed by atoms with Gasteiger partial charge >= 0.3 is 0 Å². The molecule has 2 aliphatic heterocycles. The van der Waals surface area contributed by atoms with E-state index in [9.17, 15) is 9.90 Å². The lowest BCUT2D eigenvalue weighted by Crippen LogP contribution is -2.47. The van der Waals surface area contributed by atoms with Crippen LogP contribution in [0, 0.1) is 0 Å². The van der Waals surface area contributed by atoms with Gasteiger partial charge < -0.3 is 14.7 Å². The second-order valence-corrected chi connectivity index (χ2v) is 8.49. The fraction of sp³-hybridized carbons (Fsp3) is 0.650. The van der Waals surface area contributed by atoms with Crippen molar-refractivity contribution in [3.05, 3.63) is 29.8 Å². The molecule has 6 nitrogen and oxygen atoms in total. The first-order chi connectivity index (χ1) is 13.1. The maximum atomic E-state index is 11.5. The molecule has 0 spiro atoms. The minimum Gasteiger partial charge on any atom is -0.491 e. The van der Waals surface area contributed by atoms with Gasteiger partial charge in [0.2, 0.25) is 5.91 Å². The van der Waals surface area contributed by atoms with Gasteiger partial charge in [0.25, 0.3) is 0 Å². The van der Waals surface area contributed by atoms with Crippen LogP contribution in [0.2, 0.25) is 0 Å². The van der Waals surface area contributed by atoms with Crippen molar-refractivity contribution in [3.63, 3.8) is 0 Å². The van der Waals surface area contributed by atoms with Crippen LogP contribution in [0.4, 0.5) is 0 Å². The molecule has 1 aromatic rings. The number of aliphatic hydroxyl groups is 1. The van der Waals surface area contributed by atoms with Gasteiger partial charge in [0.15, 0.2) is 0 Å². The predicted octanol–water partition coefficient (Wildman–Crippen LogP) is 1.14. The molecule has 2 aliphatic rings. The van der Waals surface area contributed by atoms with Gasteiger partial charge in [-0.3, -0.25) is 14.6 Å². The van der Waals surface area contributed by atoms with Crippen LogP contribution in [0.25, 0.3) is 0 Å². The van der Waals surface area contributed by atoms with Crippen molar-refractivity contribution in [1.29, 1.82) is 0 Å². The van der Waals surface area contributed by atoms with E-state index < -0.39 is 6.10 Å². The average Bonchev–Trinajstić information content (AvgIpc) is 2.68. The highest BCUT2D eigenvalue weighted by molar-refractivity contribution is 7.99. The van der Waals surface area contributed by atoms with Crippen LogP contribution in [-0.2, 0) is 11.3 Å². The Bertz CT molecular complexity index is 602. The number of aliphatic hydroxyl groups excluding tert-OH is 1. The number of hydrogen-bond acceptors (Lipinski definition) is 6. The number of carbonyl (C=O) groups is 1. The predicted molar refractivity (Wildman–Crippen MR) is 109 cm³/mol. The van der Waals surface area contributed by atoms with E-state index >= 15 is 0 Å². The molecule has 0 aliphatic carbocycles. The number of piperazine rings is 1. The van der Waals surface area contributed by atoms with Crippen LogP contribution in [0.3, 0.4) is 0 Å². The van der Waals surface area contributed by atoms with E-state index in [4.69, 9.17) is 4.74 Å². The molecule has 1 N–H and O–H groups in total. The lowest BCUT2D eigenvalue weighted by atomic mass is 10.1. The molecule has 2 heterocycles. The van der Waals surface area contributed by atoms with Crippen molar-refractivity contribution in [3.8, 4) is 5.75 Å². The second kappa shape index (κ2) is 10.3. The molecule has 0 saturated carbocycles. The summed E-state index contributed by atoms with van der Waals surface area (Å²) in [4.78, 5) is 18.0. The molecule has 3 rings (SSSR count). The minimum atomic E-state index is -0.472. The van der Waals surface area contributed by atoms with Gasteiger partial charge in [0.05, 0.1) is 0 Å². The third-order valence-electron chi connectivity index (χ3n) is 5.19. The zero-order chi connectivity index (χ0) is 19.1. The Morgan fingerprint density at radius 1 is 1.11 bits per heavy atom. The molecule has 0 unspecified atom stereocenters. The second-order valence-electron chi connectivity index (χ2n) is 7.27. The minimum absolute atomic E-state index is 0.152. The molecule has 0 radical (unpaired) electrons. The van der Waals surface area contributed by atoms with Gasteiger partial charge in [-0.1, -0.05) is 18.2 Å². The van der Waals surface area contributed by atoms with Gasteiger partial charge in [0, 0.05) is 76.4 Å². The summed E-state index contributed by atoms with van der Waals surface area (Å²) in [6.07, 6.45) is -0.472. The highest BCUT2D eigenvalue weighted by Gasteiger charge is 2.20. The number of ether oxygens (including phenoxy) is 1. The van der Waals surface area contributed by atoms with Crippen LogP contribution in [0.5, 0.6) is 5.75 Å². The first-order valence-electron chi connectivity index (χ1n) is 9.78. The zero-order valence-electron chi connectivity index (χ0n) is 16.2. The summed E-state index contributed by atoms with van der Waals surface area (Å²) in [7, 11) is 0. The number of β-amino-alcohol motifs (C(OH)–C–C–N with tert-alkyl or cyclic N) is 1. The highest BCUT2D eigenvalue weighted by Crippen LogP contribution is 2.21. The van der Waals surface area contributed by atoms with E-state index in [2.05, 4.69) is 15.9 Å². The van der Waals surface area contributed by atoms with Crippen molar-refractivity contribution < 1.29 is 14.6 Å². The van der Waals surface area contributed by atoms with Crippen LogP contribution < -0.4 is 4.74 Å². The molecule has 0 aromatic heterocycles. The molecule has 7 heteroatoms. The fourth-order valence-electron chi connectivity index (χ4n) is 3.56. The van der Waals surface area contributed by atoms with E-state index in [1.807, 2.05) is 34.9 Å². The standard InChI is InChI=1S/C20H31N3O3S/c1-17(24)23-8-6-21(7-9-23)14-18-4-2-3-5-20(18)26-16-19(25)15-22-10-12-27-13-11-22/h2-5,19,25H,6-16H2,1H3/t19-/m0/s1. The van der Waals surface area contributed by atoms with Crippen LogP contribution in [0.1, 0.15) is 12.5 Å². The van der Waals surface area contributed by atoms with Gasteiger partial charge in [0.1, 0.15) is 18.5 Å². The quantitative estimate of drug-likeness (QED) is 0.750. The molecule has 1 aromatic carbocycles. The van der Waals surface area contributed by atoms with E-state index in [0.717, 1.165) is 68.6 Å². The lowest BCUT2D eigenvalue weighted by molar-refractivity contribution is -0.130. The number of para-hydroxylation sites is 1. The Morgan fingerprint density at radius 2 is 1.81 bits per heavy atom. The summed E-state index contributed by atoms with van der Waals surface area (Å²) in [5.41, 5.74) is 1.13. The van der Waals surface area contributed by atoms with E-state index in [1.165, 1.54) is 0 Å².